The number of ether oxygens (including phenoxy) is 1. The van der Waals surface area contributed by atoms with Crippen molar-refractivity contribution in [1.29, 1.82) is 5.26 Å². The predicted molar refractivity (Wildman–Crippen MR) is 101 cm³/mol. The van der Waals surface area contributed by atoms with Gasteiger partial charge in [-0.25, -0.2) is 8.42 Å². The van der Waals surface area contributed by atoms with Gasteiger partial charge in [-0.05, 0) is 42.5 Å². The maximum atomic E-state index is 13.0. The van der Waals surface area contributed by atoms with Crippen molar-refractivity contribution in [3.05, 3.63) is 58.6 Å². The minimum atomic E-state index is -4.71. The summed E-state index contributed by atoms with van der Waals surface area (Å²) < 4.78 is 71.5. The zero-order chi connectivity index (χ0) is 22.1. The van der Waals surface area contributed by atoms with Crippen molar-refractivity contribution < 1.29 is 31.4 Å². The van der Waals surface area contributed by atoms with E-state index >= 15 is 0 Å². The van der Waals surface area contributed by atoms with Crippen LogP contribution in [0.3, 0.4) is 0 Å². The Kier molecular flexibility index (Phi) is 6.29. The summed E-state index contributed by atoms with van der Waals surface area (Å²) in [6.45, 7) is -0.604. The molecule has 0 aliphatic carbocycles. The largest absolute Gasteiger partial charge is 0.489 e. The fraction of sp³-hybridized carbons (Fsp3) is 0.316. The average Bonchev–Trinajstić information content (AvgIpc) is 3.12. The second-order valence-electron chi connectivity index (χ2n) is 6.70. The molecule has 2 aromatic carbocycles. The van der Waals surface area contributed by atoms with Gasteiger partial charge in [0.1, 0.15) is 17.9 Å². The van der Waals surface area contributed by atoms with Crippen LogP contribution >= 0.6 is 11.6 Å². The lowest BCUT2D eigenvalue weighted by Crippen LogP contribution is -2.31. The molecule has 1 saturated heterocycles. The van der Waals surface area contributed by atoms with Crippen molar-refractivity contribution in [1.82, 2.24) is 4.31 Å². The Balaban J connectivity index is 1.88. The van der Waals surface area contributed by atoms with Gasteiger partial charge in [-0.3, -0.25) is 0 Å². The molecular formula is C19H16ClF3N2O4S. The smallest absolute Gasteiger partial charge is 0.416 e. The van der Waals surface area contributed by atoms with Crippen LogP contribution in [0.4, 0.5) is 13.2 Å². The van der Waals surface area contributed by atoms with E-state index in [2.05, 4.69) is 0 Å². The Bertz CT molecular complexity index is 1070. The Hall–Kier alpha value is -2.32. The van der Waals surface area contributed by atoms with Crippen molar-refractivity contribution in [3.8, 4) is 11.8 Å². The molecule has 160 valence electrons. The highest BCUT2D eigenvalue weighted by molar-refractivity contribution is 7.89. The monoisotopic (exact) mass is 460 g/mol. The minimum Gasteiger partial charge on any atom is -0.489 e. The number of nitrogens with zero attached hydrogens (tertiary/aromatic N) is 2. The second-order valence-corrected chi connectivity index (χ2v) is 9.04. The summed E-state index contributed by atoms with van der Waals surface area (Å²) in [4.78, 5) is -0.526. The van der Waals surface area contributed by atoms with E-state index < -0.39 is 44.2 Å². The topological polar surface area (TPSA) is 90.6 Å². The Morgan fingerprint density at radius 2 is 1.87 bits per heavy atom. The van der Waals surface area contributed by atoms with Gasteiger partial charge in [0.2, 0.25) is 10.0 Å². The fourth-order valence-electron chi connectivity index (χ4n) is 3.15. The zero-order valence-electron chi connectivity index (χ0n) is 15.3. The van der Waals surface area contributed by atoms with Crippen LogP contribution in [0.15, 0.2) is 47.4 Å². The summed E-state index contributed by atoms with van der Waals surface area (Å²) >= 11 is 5.82. The van der Waals surface area contributed by atoms with Crippen LogP contribution in [-0.4, -0.2) is 43.6 Å². The molecule has 1 N–H and O–H groups in total. The lowest BCUT2D eigenvalue weighted by atomic mass is 10.1. The van der Waals surface area contributed by atoms with E-state index in [1.54, 1.807) is 24.3 Å². The second kappa shape index (κ2) is 8.43. The third-order valence-electron chi connectivity index (χ3n) is 4.73. The van der Waals surface area contributed by atoms with Gasteiger partial charge in [0.05, 0.1) is 29.2 Å². The number of hydrogen-bond acceptors (Lipinski definition) is 5. The van der Waals surface area contributed by atoms with Crippen LogP contribution < -0.4 is 4.74 Å². The number of benzene rings is 2. The fourth-order valence-corrected chi connectivity index (χ4v) is 4.91. The lowest BCUT2D eigenvalue weighted by molar-refractivity contribution is -0.137. The number of hydrogen-bond donors (Lipinski definition) is 1. The van der Waals surface area contributed by atoms with Gasteiger partial charge in [0.15, 0.2) is 0 Å². The summed E-state index contributed by atoms with van der Waals surface area (Å²) in [6, 6.07) is 9.80. The molecule has 1 fully saturated rings. The first-order chi connectivity index (χ1) is 14.1. The molecule has 1 aliphatic rings. The first kappa shape index (κ1) is 22.4. The molecule has 0 aromatic heterocycles. The summed E-state index contributed by atoms with van der Waals surface area (Å²) in [7, 11) is -4.29. The molecule has 1 heterocycles. The summed E-state index contributed by atoms with van der Waals surface area (Å²) in [6.07, 6.45) is -5.40. The molecule has 0 spiro atoms. The molecule has 2 unspecified atom stereocenters. The van der Waals surface area contributed by atoms with Crippen molar-refractivity contribution in [3.63, 3.8) is 0 Å². The van der Waals surface area contributed by atoms with Gasteiger partial charge in [0.25, 0.3) is 0 Å². The van der Waals surface area contributed by atoms with E-state index in [4.69, 9.17) is 16.3 Å². The van der Waals surface area contributed by atoms with E-state index in [1.807, 2.05) is 0 Å². The van der Waals surface area contributed by atoms with E-state index in [9.17, 15) is 32.0 Å². The number of aliphatic hydroxyl groups is 1. The van der Waals surface area contributed by atoms with Gasteiger partial charge in [-0.2, -0.15) is 22.7 Å². The highest BCUT2D eigenvalue weighted by Crippen LogP contribution is 2.34. The highest BCUT2D eigenvalue weighted by Gasteiger charge is 2.42. The van der Waals surface area contributed by atoms with Crippen molar-refractivity contribution in [2.45, 2.75) is 17.2 Å². The molecule has 3 rings (SSSR count). The summed E-state index contributed by atoms with van der Waals surface area (Å²) in [5, 5.41) is 19.3. The van der Waals surface area contributed by atoms with Gasteiger partial charge >= 0.3 is 6.18 Å². The average molecular weight is 461 g/mol. The molecular weight excluding hydrogens is 445 g/mol. The summed E-state index contributed by atoms with van der Waals surface area (Å²) in [5.41, 5.74) is -1.72. The van der Waals surface area contributed by atoms with Gasteiger partial charge < -0.3 is 9.84 Å². The molecule has 11 heteroatoms. The van der Waals surface area contributed by atoms with Gasteiger partial charge in [0, 0.05) is 17.5 Å². The standard InChI is InChI=1S/C19H16ClF3N2O4S/c20-15-2-4-16(5-3-15)29-17-10-25(9-13(17)11-26)30(27,28)18-6-1-14(19(21,22)23)7-12(18)8-24/h1-7,13,17,26H,9-11H2. The number of alkyl halides is 3. The van der Waals surface area contributed by atoms with Crippen molar-refractivity contribution >= 4 is 21.6 Å². The quantitative estimate of drug-likeness (QED) is 0.739. The molecule has 0 amide bonds. The van der Waals surface area contributed by atoms with Crippen molar-refractivity contribution in [2.75, 3.05) is 19.7 Å². The Morgan fingerprint density at radius 1 is 1.20 bits per heavy atom. The molecule has 30 heavy (non-hydrogen) atoms. The highest BCUT2D eigenvalue weighted by atomic mass is 35.5. The minimum absolute atomic E-state index is 0.108. The van der Waals surface area contributed by atoms with Crippen LogP contribution in [0.1, 0.15) is 11.1 Å². The number of halogens is 4. The number of aliphatic hydroxyl groups excluding tert-OH is 1. The third kappa shape index (κ3) is 4.54. The first-order valence-electron chi connectivity index (χ1n) is 8.71. The maximum absolute atomic E-state index is 13.0. The van der Waals surface area contributed by atoms with E-state index in [1.165, 1.54) is 6.07 Å². The molecule has 2 atom stereocenters. The zero-order valence-corrected chi connectivity index (χ0v) is 16.9. The Morgan fingerprint density at radius 3 is 2.43 bits per heavy atom. The number of nitriles is 1. The first-order valence-corrected chi connectivity index (χ1v) is 10.5. The van der Waals surface area contributed by atoms with Crippen LogP contribution in [0.5, 0.6) is 5.75 Å². The lowest BCUT2D eigenvalue weighted by Gasteiger charge is -2.19. The SMILES string of the molecule is N#Cc1cc(C(F)(F)F)ccc1S(=O)(=O)N1CC(CO)C(Oc2ccc(Cl)cc2)C1. The van der Waals surface area contributed by atoms with Crippen molar-refractivity contribution in [2.24, 2.45) is 5.92 Å². The molecule has 0 radical (unpaired) electrons. The normalized spacial score (nSPS) is 20.1. The Labute approximate surface area is 176 Å². The predicted octanol–water partition coefficient (Wildman–Crippen LogP) is 3.29. The number of sulfonamides is 1. The molecule has 6 nitrogen and oxygen atoms in total. The van der Waals surface area contributed by atoms with Crippen LogP contribution in [0.2, 0.25) is 5.02 Å². The van der Waals surface area contributed by atoms with E-state index in [0.29, 0.717) is 22.9 Å². The van der Waals surface area contributed by atoms with Crippen LogP contribution in [0, 0.1) is 17.2 Å². The molecule has 2 aromatic rings. The van der Waals surface area contributed by atoms with E-state index in [0.717, 1.165) is 10.4 Å². The number of rotatable bonds is 5. The molecule has 0 saturated carbocycles. The summed E-state index contributed by atoms with van der Waals surface area (Å²) in [5.74, 6) is -0.134. The maximum Gasteiger partial charge on any atom is 0.416 e. The van der Waals surface area contributed by atoms with Crippen LogP contribution in [0.25, 0.3) is 0 Å². The molecule has 1 aliphatic heterocycles. The van der Waals surface area contributed by atoms with Crippen LogP contribution in [-0.2, 0) is 16.2 Å². The molecule has 0 bridgehead atoms. The van der Waals surface area contributed by atoms with E-state index in [-0.39, 0.29) is 19.7 Å². The van der Waals surface area contributed by atoms with Gasteiger partial charge in [-0.1, -0.05) is 11.6 Å². The van der Waals surface area contributed by atoms with Gasteiger partial charge in [-0.15, -0.1) is 0 Å². The third-order valence-corrected chi connectivity index (χ3v) is 6.87.